The zero-order valence-corrected chi connectivity index (χ0v) is 13.9. The van der Waals surface area contributed by atoms with Crippen molar-refractivity contribution in [3.8, 4) is 0 Å². The molecule has 0 aliphatic rings. The van der Waals surface area contributed by atoms with Crippen molar-refractivity contribution in [2.24, 2.45) is 5.10 Å². The standard InChI is InChI=1S/C16H15BrN2OS/c1-12(13-7-9-14(17)10-8-13)18-19-16(20)11-21-15-5-3-2-4-6-15/h2-10H,11H2,1H3,(H,19,20)/b18-12-. The second-order valence-electron chi connectivity index (χ2n) is 4.34. The molecule has 0 aliphatic carbocycles. The minimum absolute atomic E-state index is 0.111. The molecule has 108 valence electrons. The van der Waals surface area contributed by atoms with Gasteiger partial charge in [-0.1, -0.05) is 46.3 Å². The second kappa shape index (κ2) is 8.00. The van der Waals surface area contributed by atoms with Crippen molar-refractivity contribution in [1.82, 2.24) is 5.43 Å². The van der Waals surface area contributed by atoms with Gasteiger partial charge in [-0.2, -0.15) is 5.10 Å². The maximum Gasteiger partial charge on any atom is 0.250 e. The van der Waals surface area contributed by atoms with Crippen LogP contribution in [0.25, 0.3) is 0 Å². The Hall–Kier alpha value is -1.59. The van der Waals surface area contributed by atoms with Crippen molar-refractivity contribution in [3.63, 3.8) is 0 Å². The number of halogens is 1. The minimum atomic E-state index is -0.111. The van der Waals surface area contributed by atoms with E-state index in [4.69, 9.17) is 0 Å². The highest BCUT2D eigenvalue weighted by Gasteiger charge is 2.02. The molecule has 1 N–H and O–H groups in total. The third-order valence-corrected chi connectivity index (χ3v) is 4.26. The van der Waals surface area contributed by atoms with Crippen LogP contribution >= 0.6 is 27.7 Å². The molecule has 2 aromatic carbocycles. The average Bonchev–Trinajstić information content (AvgIpc) is 2.52. The number of rotatable bonds is 5. The summed E-state index contributed by atoms with van der Waals surface area (Å²) in [6.07, 6.45) is 0. The van der Waals surface area contributed by atoms with Gasteiger partial charge in [0.25, 0.3) is 0 Å². The van der Waals surface area contributed by atoms with Crippen LogP contribution in [0.5, 0.6) is 0 Å². The Bertz CT molecular complexity index is 626. The van der Waals surface area contributed by atoms with Crippen molar-refractivity contribution in [2.75, 3.05) is 5.75 Å². The summed E-state index contributed by atoms with van der Waals surface area (Å²) in [6.45, 7) is 1.87. The van der Waals surface area contributed by atoms with Crippen molar-refractivity contribution in [3.05, 3.63) is 64.6 Å². The van der Waals surface area contributed by atoms with Crippen LogP contribution in [0.15, 0.2) is 69.1 Å². The molecule has 21 heavy (non-hydrogen) atoms. The molecule has 2 rings (SSSR count). The summed E-state index contributed by atoms with van der Waals surface area (Å²) in [7, 11) is 0. The first-order valence-electron chi connectivity index (χ1n) is 6.42. The van der Waals surface area contributed by atoms with Crippen LogP contribution in [0.3, 0.4) is 0 Å². The lowest BCUT2D eigenvalue weighted by atomic mass is 10.1. The third kappa shape index (κ3) is 5.36. The maximum absolute atomic E-state index is 11.8. The van der Waals surface area contributed by atoms with Crippen LogP contribution in [-0.4, -0.2) is 17.4 Å². The molecular weight excluding hydrogens is 348 g/mol. The first-order valence-corrected chi connectivity index (χ1v) is 8.20. The predicted molar refractivity (Wildman–Crippen MR) is 91.7 cm³/mol. The average molecular weight is 363 g/mol. The van der Waals surface area contributed by atoms with Gasteiger partial charge in [-0.3, -0.25) is 4.79 Å². The number of hydrogen-bond donors (Lipinski definition) is 1. The number of carbonyl (C=O) groups is 1. The number of hydrazone groups is 1. The third-order valence-electron chi connectivity index (χ3n) is 2.72. The largest absolute Gasteiger partial charge is 0.272 e. The van der Waals surface area contributed by atoms with Crippen molar-refractivity contribution in [1.29, 1.82) is 0 Å². The van der Waals surface area contributed by atoms with E-state index in [-0.39, 0.29) is 5.91 Å². The van der Waals surface area contributed by atoms with E-state index in [1.807, 2.05) is 61.5 Å². The highest BCUT2D eigenvalue weighted by atomic mass is 79.9. The van der Waals surface area contributed by atoms with E-state index in [0.29, 0.717) is 5.75 Å². The predicted octanol–water partition coefficient (Wildman–Crippen LogP) is 4.08. The summed E-state index contributed by atoms with van der Waals surface area (Å²) in [5, 5.41) is 4.12. The van der Waals surface area contributed by atoms with Gasteiger partial charge in [0.1, 0.15) is 0 Å². The van der Waals surface area contributed by atoms with Crippen molar-refractivity contribution in [2.45, 2.75) is 11.8 Å². The van der Waals surface area contributed by atoms with E-state index in [0.717, 1.165) is 20.6 Å². The topological polar surface area (TPSA) is 41.5 Å². The first-order chi connectivity index (χ1) is 10.1. The lowest BCUT2D eigenvalue weighted by Gasteiger charge is -2.03. The van der Waals surface area contributed by atoms with Crippen LogP contribution in [0.4, 0.5) is 0 Å². The van der Waals surface area contributed by atoms with E-state index < -0.39 is 0 Å². The number of benzene rings is 2. The summed E-state index contributed by atoms with van der Waals surface area (Å²) < 4.78 is 1.02. The Kier molecular flexibility index (Phi) is 6.02. The number of amides is 1. The maximum atomic E-state index is 11.8. The van der Waals surface area contributed by atoms with Gasteiger partial charge in [-0.25, -0.2) is 5.43 Å². The van der Waals surface area contributed by atoms with Gasteiger partial charge in [0.2, 0.25) is 5.91 Å². The smallest absolute Gasteiger partial charge is 0.250 e. The molecule has 0 heterocycles. The molecule has 0 aliphatic heterocycles. The highest BCUT2D eigenvalue weighted by molar-refractivity contribution is 9.10. The molecule has 0 aromatic heterocycles. The number of carbonyl (C=O) groups excluding carboxylic acids is 1. The van der Waals surface area contributed by atoms with E-state index >= 15 is 0 Å². The zero-order valence-electron chi connectivity index (χ0n) is 11.5. The van der Waals surface area contributed by atoms with Gasteiger partial charge in [0, 0.05) is 9.37 Å². The Morgan fingerprint density at radius 3 is 2.48 bits per heavy atom. The summed E-state index contributed by atoms with van der Waals surface area (Å²) in [4.78, 5) is 12.8. The molecule has 2 aromatic rings. The van der Waals surface area contributed by atoms with Crippen LogP contribution < -0.4 is 5.43 Å². The monoisotopic (exact) mass is 362 g/mol. The quantitative estimate of drug-likeness (QED) is 0.494. The van der Waals surface area contributed by atoms with Crippen molar-refractivity contribution < 1.29 is 4.79 Å². The van der Waals surface area contributed by atoms with Crippen LogP contribution in [0, 0.1) is 0 Å². The second-order valence-corrected chi connectivity index (χ2v) is 6.31. The van der Waals surface area contributed by atoms with E-state index in [1.165, 1.54) is 11.8 Å². The Balaban J connectivity index is 1.85. The summed E-state index contributed by atoms with van der Waals surface area (Å²) >= 11 is 4.88. The van der Waals surface area contributed by atoms with Crippen LogP contribution in [0.2, 0.25) is 0 Å². The first kappa shape index (κ1) is 15.8. The molecule has 0 saturated heterocycles. The Labute approximate surface area is 137 Å². The summed E-state index contributed by atoms with van der Waals surface area (Å²) in [5.74, 6) is 0.238. The molecular formula is C16H15BrN2OS. The molecule has 0 atom stereocenters. The Morgan fingerprint density at radius 2 is 1.81 bits per heavy atom. The van der Waals surface area contributed by atoms with Gasteiger partial charge < -0.3 is 0 Å². The minimum Gasteiger partial charge on any atom is -0.272 e. The number of nitrogens with zero attached hydrogens (tertiary/aromatic N) is 1. The zero-order chi connectivity index (χ0) is 15.1. The van der Waals surface area contributed by atoms with Crippen molar-refractivity contribution >= 4 is 39.3 Å². The number of nitrogens with one attached hydrogen (secondary N) is 1. The van der Waals surface area contributed by atoms with Gasteiger partial charge in [0.05, 0.1) is 11.5 Å². The van der Waals surface area contributed by atoms with Crippen LogP contribution in [-0.2, 0) is 4.79 Å². The lowest BCUT2D eigenvalue weighted by molar-refractivity contribution is -0.118. The molecule has 0 radical (unpaired) electrons. The van der Waals surface area contributed by atoms with Gasteiger partial charge in [-0.05, 0) is 36.8 Å². The Morgan fingerprint density at radius 1 is 1.14 bits per heavy atom. The fourth-order valence-corrected chi connectivity index (χ4v) is 2.58. The normalized spacial score (nSPS) is 11.2. The number of hydrogen-bond acceptors (Lipinski definition) is 3. The molecule has 0 fully saturated rings. The van der Waals surface area contributed by atoms with Crippen LogP contribution in [0.1, 0.15) is 12.5 Å². The van der Waals surface area contributed by atoms with Gasteiger partial charge in [-0.15, -0.1) is 11.8 Å². The molecule has 0 saturated carbocycles. The van der Waals surface area contributed by atoms with Gasteiger partial charge in [0.15, 0.2) is 0 Å². The van der Waals surface area contributed by atoms with E-state index in [9.17, 15) is 4.79 Å². The molecule has 3 nitrogen and oxygen atoms in total. The SMILES string of the molecule is C/C(=N/NC(=O)CSc1ccccc1)c1ccc(Br)cc1. The molecule has 0 bridgehead atoms. The molecule has 0 unspecified atom stereocenters. The fraction of sp³-hybridized carbons (Fsp3) is 0.125. The lowest BCUT2D eigenvalue weighted by Crippen LogP contribution is -2.21. The summed E-state index contributed by atoms with van der Waals surface area (Å²) in [5.41, 5.74) is 4.34. The van der Waals surface area contributed by atoms with E-state index in [2.05, 4.69) is 26.5 Å². The fourth-order valence-electron chi connectivity index (χ4n) is 1.60. The summed E-state index contributed by atoms with van der Waals surface area (Å²) in [6, 6.07) is 17.6. The molecule has 5 heteroatoms. The molecule has 0 spiro atoms. The highest BCUT2D eigenvalue weighted by Crippen LogP contribution is 2.16. The van der Waals surface area contributed by atoms with E-state index in [1.54, 1.807) is 0 Å². The van der Waals surface area contributed by atoms with Gasteiger partial charge >= 0.3 is 0 Å². The number of thioether (sulfide) groups is 1. The molecule has 1 amide bonds.